The molecule has 0 bridgehead atoms. The normalized spacial score (nSPS) is 11.0. The quantitative estimate of drug-likeness (QED) is 0.743. The number of imidazole rings is 1. The first kappa shape index (κ1) is 13.6. The van der Waals surface area contributed by atoms with Crippen molar-refractivity contribution >= 4 is 23.2 Å². The summed E-state index contributed by atoms with van der Waals surface area (Å²) < 4.78 is 3.44. The molecule has 1 amide bonds. The summed E-state index contributed by atoms with van der Waals surface area (Å²) in [5.41, 5.74) is 1.92. The van der Waals surface area contributed by atoms with Crippen molar-refractivity contribution in [2.75, 3.05) is 7.05 Å². The zero-order chi connectivity index (χ0) is 15.0. The van der Waals surface area contributed by atoms with Gasteiger partial charge in [0.25, 0.3) is 5.91 Å². The van der Waals surface area contributed by atoms with Gasteiger partial charge in [-0.3, -0.25) is 9.48 Å². The molecule has 0 fully saturated rings. The van der Waals surface area contributed by atoms with E-state index in [4.69, 9.17) is 11.6 Å². The number of amides is 1. The van der Waals surface area contributed by atoms with Crippen molar-refractivity contribution in [1.29, 1.82) is 0 Å². The smallest absolute Gasteiger partial charge is 0.276 e. The highest BCUT2D eigenvalue weighted by Crippen LogP contribution is 2.16. The van der Waals surface area contributed by atoms with E-state index in [-0.39, 0.29) is 11.6 Å². The molecule has 0 N–H and O–H groups in total. The largest absolute Gasteiger partial charge is 0.334 e. The molecule has 3 aromatic heterocycles. The molecule has 0 aliphatic heterocycles. The summed E-state index contributed by atoms with van der Waals surface area (Å²) in [6, 6.07) is 5.77. The van der Waals surface area contributed by atoms with E-state index in [1.165, 1.54) is 4.68 Å². The molecule has 0 aliphatic carbocycles. The van der Waals surface area contributed by atoms with Crippen molar-refractivity contribution in [3.05, 3.63) is 53.2 Å². The monoisotopic (exact) mass is 303 g/mol. The van der Waals surface area contributed by atoms with Crippen LogP contribution in [0, 0.1) is 0 Å². The van der Waals surface area contributed by atoms with Crippen LogP contribution in [0.3, 0.4) is 0 Å². The minimum absolute atomic E-state index is 0.224. The summed E-state index contributed by atoms with van der Waals surface area (Å²) >= 11 is 6.00. The van der Waals surface area contributed by atoms with Gasteiger partial charge < -0.3 is 9.30 Å². The molecule has 3 rings (SSSR count). The minimum Gasteiger partial charge on any atom is -0.334 e. The van der Waals surface area contributed by atoms with Gasteiger partial charge in [0.15, 0.2) is 5.69 Å². The molecule has 0 saturated heterocycles. The number of aryl methyl sites for hydroxylation is 1. The molecular weight excluding hydrogens is 290 g/mol. The van der Waals surface area contributed by atoms with Crippen LogP contribution in [0.1, 0.15) is 16.2 Å². The lowest BCUT2D eigenvalue weighted by Gasteiger charge is -2.14. The summed E-state index contributed by atoms with van der Waals surface area (Å²) in [5, 5.41) is 4.43. The van der Waals surface area contributed by atoms with Crippen LogP contribution in [0.5, 0.6) is 0 Å². The molecule has 0 aliphatic rings. The van der Waals surface area contributed by atoms with Crippen molar-refractivity contribution in [1.82, 2.24) is 24.1 Å². The molecule has 3 heterocycles. The number of hydrogen-bond acceptors (Lipinski definition) is 3. The van der Waals surface area contributed by atoms with Crippen molar-refractivity contribution < 1.29 is 4.79 Å². The van der Waals surface area contributed by atoms with Crippen LogP contribution in [-0.4, -0.2) is 37.0 Å². The second-order valence-electron chi connectivity index (χ2n) is 4.86. The Hall–Kier alpha value is -2.34. The lowest BCUT2D eigenvalue weighted by molar-refractivity contribution is 0.0777. The van der Waals surface area contributed by atoms with E-state index >= 15 is 0 Å². The summed E-state index contributed by atoms with van der Waals surface area (Å²) in [6.07, 6.45) is 5.43. The van der Waals surface area contributed by atoms with E-state index < -0.39 is 0 Å². The molecule has 0 saturated carbocycles. The fourth-order valence-corrected chi connectivity index (χ4v) is 2.42. The second kappa shape index (κ2) is 5.21. The molecule has 7 heteroatoms. The van der Waals surface area contributed by atoms with Crippen LogP contribution >= 0.6 is 11.6 Å². The average Bonchev–Trinajstić information content (AvgIpc) is 3.00. The maximum Gasteiger partial charge on any atom is 0.276 e. The van der Waals surface area contributed by atoms with Gasteiger partial charge in [0.2, 0.25) is 0 Å². The molecule has 108 valence electrons. The Morgan fingerprint density at radius 1 is 1.38 bits per heavy atom. The van der Waals surface area contributed by atoms with Gasteiger partial charge in [-0.25, -0.2) is 4.98 Å². The number of pyridine rings is 1. The number of halogens is 1. The van der Waals surface area contributed by atoms with Crippen molar-refractivity contribution in [2.45, 2.75) is 6.54 Å². The Kier molecular flexibility index (Phi) is 3.39. The predicted molar refractivity (Wildman–Crippen MR) is 79.2 cm³/mol. The van der Waals surface area contributed by atoms with E-state index in [1.807, 2.05) is 35.0 Å². The highest BCUT2D eigenvalue weighted by Gasteiger charge is 2.19. The fraction of sp³-hybridized carbons (Fsp3) is 0.214. The van der Waals surface area contributed by atoms with Gasteiger partial charge >= 0.3 is 0 Å². The first-order valence-corrected chi connectivity index (χ1v) is 6.79. The number of carbonyl (C=O) groups is 1. The Bertz CT molecular complexity index is 774. The summed E-state index contributed by atoms with van der Waals surface area (Å²) in [4.78, 5) is 18.3. The van der Waals surface area contributed by atoms with Gasteiger partial charge in [0, 0.05) is 32.7 Å². The van der Waals surface area contributed by atoms with Gasteiger partial charge in [-0.2, -0.15) is 5.10 Å². The second-order valence-corrected chi connectivity index (χ2v) is 5.27. The van der Waals surface area contributed by atoms with Crippen LogP contribution in [0.4, 0.5) is 0 Å². The van der Waals surface area contributed by atoms with Gasteiger partial charge in [-0.1, -0.05) is 17.7 Å². The number of nitrogens with zero attached hydrogens (tertiary/aromatic N) is 5. The van der Waals surface area contributed by atoms with Gasteiger partial charge in [0.05, 0.1) is 17.3 Å². The third-order valence-electron chi connectivity index (χ3n) is 3.15. The topological polar surface area (TPSA) is 55.4 Å². The third kappa shape index (κ3) is 2.62. The maximum atomic E-state index is 12.3. The van der Waals surface area contributed by atoms with E-state index in [9.17, 15) is 4.79 Å². The molecular formula is C14H14ClN5O. The Balaban J connectivity index is 1.80. The van der Waals surface area contributed by atoms with Crippen molar-refractivity contribution in [3.8, 4) is 0 Å². The van der Waals surface area contributed by atoms with Crippen LogP contribution in [0.15, 0.2) is 36.8 Å². The number of aromatic nitrogens is 4. The number of hydrogen-bond donors (Lipinski definition) is 0. The van der Waals surface area contributed by atoms with Gasteiger partial charge in [0.1, 0.15) is 5.65 Å². The molecule has 0 unspecified atom stereocenters. The third-order valence-corrected chi connectivity index (χ3v) is 3.42. The molecule has 0 atom stereocenters. The van der Waals surface area contributed by atoms with Crippen LogP contribution in [-0.2, 0) is 13.6 Å². The maximum absolute atomic E-state index is 12.3. The van der Waals surface area contributed by atoms with E-state index in [0.717, 1.165) is 11.3 Å². The first-order valence-electron chi connectivity index (χ1n) is 6.42. The van der Waals surface area contributed by atoms with E-state index in [0.29, 0.717) is 11.6 Å². The number of fused-ring (bicyclic) bond motifs is 1. The highest BCUT2D eigenvalue weighted by atomic mass is 35.5. The van der Waals surface area contributed by atoms with Gasteiger partial charge in [-0.15, -0.1) is 0 Å². The Morgan fingerprint density at radius 3 is 2.86 bits per heavy atom. The minimum atomic E-state index is -0.224. The van der Waals surface area contributed by atoms with Crippen molar-refractivity contribution in [2.24, 2.45) is 7.05 Å². The molecule has 0 radical (unpaired) electrons. The lowest BCUT2D eigenvalue weighted by Crippen LogP contribution is -2.27. The van der Waals surface area contributed by atoms with Crippen LogP contribution < -0.4 is 0 Å². The summed E-state index contributed by atoms with van der Waals surface area (Å²) in [6.45, 7) is 0.396. The highest BCUT2D eigenvalue weighted by molar-refractivity contribution is 6.33. The van der Waals surface area contributed by atoms with Gasteiger partial charge in [-0.05, 0) is 12.1 Å². The lowest BCUT2D eigenvalue weighted by atomic mass is 10.3. The summed E-state index contributed by atoms with van der Waals surface area (Å²) in [7, 11) is 3.43. The zero-order valence-electron chi connectivity index (χ0n) is 11.7. The van der Waals surface area contributed by atoms with Crippen molar-refractivity contribution in [3.63, 3.8) is 0 Å². The average molecular weight is 304 g/mol. The standard InChI is InChI=1S/C14H14ClN5O/c1-18(14(21)13-11(15)9-19(2)17-13)7-10-8-20-6-4-3-5-12(20)16-10/h3-6,8-9H,7H2,1-2H3. The zero-order valence-corrected chi connectivity index (χ0v) is 12.4. The Morgan fingerprint density at radius 2 is 2.19 bits per heavy atom. The molecule has 21 heavy (non-hydrogen) atoms. The number of carbonyl (C=O) groups excluding carboxylic acids is 1. The first-order chi connectivity index (χ1) is 10.0. The van der Waals surface area contributed by atoms with Crippen LogP contribution in [0.25, 0.3) is 5.65 Å². The summed E-state index contributed by atoms with van der Waals surface area (Å²) in [5.74, 6) is -0.224. The molecule has 3 aromatic rings. The fourth-order valence-electron chi connectivity index (χ4n) is 2.16. The van der Waals surface area contributed by atoms with E-state index in [2.05, 4.69) is 10.1 Å². The van der Waals surface area contributed by atoms with E-state index in [1.54, 1.807) is 25.2 Å². The molecule has 0 spiro atoms. The molecule has 6 nitrogen and oxygen atoms in total. The molecule has 0 aromatic carbocycles. The SMILES string of the molecule is CN(Cc1cn2ccccc2n1)C(=O)c1nn(C)cc1Cl. The van der Waals surface area contributed by atoms with Crippen LogP contribution in [0.2, 0.25) is 5.02 Å². The Labute approximate surface area is 126 Å². The number of rotatable bonds is 3. The predicted octanol–water partition coefficient (Wildman–Crippen LogP) is 1.99.